The Kier molecular flexibility index (Phi) is 13.9. The minimum absolute atomic E-state index is 0.143. The fraction of sp³-hybridized carbons (Fsp3) is 0.529. The Bertz CT molecular complexity index is 1290. The number of rotatable bonds is 19. The minimum Gasteiger partial charge on any atom is -0.488 e. The molecule has 8 heteroatoms. The van der Waals surface area contributed by atoms with Crippen LogP contribution in [0.1, 0.15) is 65.9 Å². The van der Waals surface area contributed by atoms with Gasteiger partial charge in [-0.05, 0) is 30.9 Å². The molecule has 0 aromatic heterocycles. The molecule has 0 bridgehead atoms. The zero-order valence-electron chi connectivity index (χ0n) is 25.7. The lowest BCUT2D eigenvalue weighted by molar-refractivity contribution is -0.152. The molecule has 42 heavy (non-hydrogen) atoms. The largest absolute Gasteiger partial charge is 0.488 e. The number of benzene rings is 3. The second-order valence-corrected chi connectivity index (χ2v) is 10.4. The van der Waals surface area contributed by atoms with Gasteiger partial charge in [-0.2, -0.15) is 0 Å². The fourth-order valence-electron chi connectivity index (χ4n) is 4.65. The molecule has 0 heterocycles. The number of hydrogen-bond donors (Lipinski definition) is 0. The number of carbonyl (C=O) groups excluding carboxylic acids is 2. The van der Waals surface area contributed by atoms with Crippen LogP contribution in [-0.4, -0.2) is 63.8 Å². The normalized spacial score (nSPS) is 12.7. The van der Waals surface area contributed by atoms with Crippen molar-refractivity contribution in [3.8, 4) is 11.5 Å². The number of carbonyl (C=O) groups is 2. The third kappa shape index (κ3) is 9.88. The van der Waals surface area contributed by atoms with Gasteiger partial charge in [0.15, 0.2) is 12.2 Å². The van der Waals surface area contributed by atoms with Gasteiger partial charge >= 0.3 is 11.9 Å². The minimum atomic E-state index is -0.546. The Balaban J connectivity index is 1.96. The maximum Gasteiger partial charge on any atom is 0.303 e. The second kappa shape index (κ2) is 17.6. The molecular weight excluding hydrogens is 536 g/mol. The molecule has 0 N–H and O–H groups in total. The van der Waals surface area contributed by atoms with Gasteiger partial charge in [-0.1, -0.05) is 70.0 Å². The van der Waals surface area contributed by atoms with Crippen molar-refractivity contribution in [1.29, 1.82) is 0 Å². The summed E-state index contributed by atoms with van der Waals surface area (Å²) in [5, 5.41) is 3.49. The zero-order valence-corrected chi connectivity index (χ0v) is 25.7. The summed E-state index contributed by atoms with van der Waals surface area (Å²) >= 11 is 0. The standard InChI is InChI=1S/C34H46O8/c1-6-9-17-37-20-27(41-24(4)35)22-39-33-29-13-11-12-14-30(29)34(32-19-26(8-3)15-16-31(32)33)40-23-28(42-25(5)36)21-38-18-10-7-2/h11-16,19,27-28H,6-10,17-18,20-23H2,1-5H3. The molecule has 0 saturated carbocycles. The molecule has 8 nitrogen and oxygen atoms in total. The van der Waals surface area contributed by atoms with Gasteiger partial charge in [0.25, 0.3) is 0 Å². The summed E-state index contributed by atoms with van der Waals surface area (Å²) in [5.74, 6) is 0.610. The quantitative estimate of drug-likeness (QED) is 0.0865. The molecule has 0 aliphatic carbocycles. The maximum absolute atomic E-state index is 11.8. The summed E-state index contributed by atoms with van der Waals surface area (Å²) in [5.41, 5.74) is 1.15. The molecule has 3 rings (SSSR count). The van der Waals surface area contributed by atoms with E-state index in [1.165, 1.54) is 13.8 Å². The van der Waals surface area contributed by atoms with Gasteiger partial charge in [0.2, 0.25) is 0 Å². The van der Waals surface area contributed by atoms with Gasteiger partial charge < -0.3 is 28.4 Å². The van der Waals surface area contributed by atoms with E-state index in [1.54, 1.807) is 0 Å². The van der Waals surface area contributed by atoms with Gasteiger partial charge in [0.05, 0.1) is 13.2 Å². The Morgan fingerprint density at radius 1 is 0.643 bits per heavy atom. The lowest BCUT2D eigenvalue weighted by Crippen LogP contribution is -2.29. The van der Waals surface area contributed by atoms with Crippen LogP contribution < -0.4 is 9.47 Å². The van der Waals surface area contributed by atoms with E-state index in [9.17, 15) is 9.59 Å². The van der Waals surface area contributed by atoms with E-state index in [0.29, 0.717) is 24.7 Å². The molecule has 3 aromatic rings. The number of unbranched alkanes of at least 4 members (excludes halogenated alkanes) is 2. The van der Waals surface area contributed by atoms with E-state index >= 15 is 0 Å². The van der Waals surface area contributed by atoms with Crippen LogP contribution in [0.4, 0.5) is 0 Å². The summed E-state index contributed by atoms with van der Waals surface area (Å²) in [6.07, 6.45) is 3.68. The predicted octanol–water partition coefficient (Wildman–Crippen LogP) is 6.81. The SMILES string of the molecule is CCCCOCC(COc1c2ccccc2c(OCC(COCCCC)OC(C)=O)c2cc(CC)ccc12)OC(C)=O. The number of aryl methyl sites for hydroxylation is 1. The number of hydrogen-bond acceptors (Lipinski definition) is 8. The van der Waals surface area contributed by atoms with Crippen molar-refractivity contribution in [2.24, 2.45) is 0 Å². The van der Waals surface area contributed by atoms with Crippen LogP contribution in [0, 0.1) is 0 Å². The Morgan fingerprint density at radius 2 is 1.12 bits per heavy atom. The number of ether oxygens (including phenoxy) is 6. The van der Waals surface area contributed by atoms with Crippen LogP contribution in [0.3, 0.4) is 0 Å². The highest BCUT2D eigenvalue weighted by atomic mass is 16.6. The van der Waals surface area contributed by atoms with Gasteiger partial charge in [-0.3, -0.25) is 9.59 Å². The third-order valence-electron chi connectivity index (χ3n) is 6.78. The van der Waals surface area contributed by atoms with Crippen molar-refractivity contribution < 1.29 is 38.0 Å². The van der Waals surface area contributed by atoms with E-state index in [1.807, 2.05) is 30.3 Å². The van der Waals surface area contributed by atoms with Crippen LogP contribution in [0.25, 0.3) is 21.5 Å². The van der Waals surface area contributed by atoms with E-state index < -0.39 is 12.2 Å². The number of fused-ring (bicyclic) bond motifs is 2. The maximum atomic E-state index is 11.8. The van der Waals surface area contributed by atoms with E-state index in [-0.39, 0.29) is 38.4 Å². The molecule has 0 radical (unpaired) electrons. The monoisotopic (exact) mass is 582 g/mol. The molecular formula is C34H46O8. The Labute approximate surface area is 249 Å². The number of esters is 2. The van der Waals surface area contributed by atoms with Gasteiger partial charge in [0, 0.05) is 48.6 Å². The molecule has 2 unspecified atom stereocenters. The zero-order chi connectivity index (χ0) is 30.3. The van der Waals surface area contributed by atoms with Crippen molar-refractivity contribution in [2.75, 3.05) is 39.6 Å². The average Bonchev–Trinajstić information content (AvgIpc) is 2.97. The second-order valence-electron chi connectivity index (χ2n) is 10.4. The molecule has 230 valence electrons. The van der Waals surface area contributed by atoms with Crippen LogP contribution in [0.2, 0.25) is 0 Å². The van der Waals surface area contributed by atoms with Crippen molar-refractivity contribution in [1.82, 2.24) is 0 Å². The summed E-state index contributed by atoms with van der Waals surface area (Å²) in [7, 11) is 0. The Hall–Kier alpha value is -3.36. The first-order chi connectivity index (χ1) is 20.4. The molecule has 0 fully saturated rings. The van der Waals surface area contributed by atoms with E-state index in [2.05, 4.69) is 32.9 Å². The third-order valence-corrected chi connectivity index (χ3v) is 6.78. The first-order valence-corrected chi connectivity index (χ1v) is 15.1. The van der Waals surface area contributed by atoms with Crippen LogP contribution in [0.15, 0.2) is 42.5 Å². The Morgan fingerprint density at radius 3 is 1.57 bits per heavy atom. The average molecular weight is 583 g/mol. The highest BCUT2D eigenvalue weighted by Crippen LogP contribution is 2.43. The highest BCUT2D eigenvalue weighted by Gasteiger charge is 2.21. The summed E-state index contributed by atoms with van der Waals surface area (Å²) in [6.45, 7) is 11.1. The lowest BCUT2D eigenvalue weighted by Gasteiger charge is -2.23. The van der Waals surface area contributed by atoms with Crippen LogP contribution in [0.5, 0.6) is 11.5 Å². The van der Waals surface area contributed by atoms with Crippen molar-refractivity contribution in [3.05, 3.63) is 48.0 Å². The van der Waals surface area contributed by atoms with Crippen LogP contribution >= 0.6 is 0 Å². The van der Waals surface area contributed by atoms with E-state index in [4.69, 9.17) is 28.4 Å². The molecule has 2 atom stereocenters. The molecule has 0 aliphatic heterocycles. The summed E-state index contributed by atoms with van der Waals surface area (Å²) in [6, 6.07) is 14.1. The molecule has 0 spiro atoms. The fourth-order valence-corrected chi connectivity index (χ4v) is 4.65. The van der Waals surface area contributed by atoms with Gasteiger partial charge in [-0.15, -0.1) is 0 Å². The van der Waals surface area contributed by atoms with Gasteiger partial charge in [-0.25, -0.2) is 0 Å². The topological polar surface area (TPSA) is 89.5 Å². The van der Waals surface area contributed by atoms with Gasteiger partial charge in [0.1, 0.15) is 24.7 Å². The van der Waals surface area contributed by atoms with Crippen LogP contribution in [-0.2, 0) is 35.0 Å². The van der Waals surface area contributed by atoms with E-state index in [0.717, 1.165) is 59.2 Å². The first-order valence-electron chi connectivity index (χ1n) is 15.1. The van der Waals surface area contributed by atoms with Crippen molar-refractivity contribution in [3.63, 3.8) is 0 Å². The molecule has 3 aromatic carbocycles. The first kappa shape index (κ1) is 33.1. The van der Waals surface area contributed by atoms with Crippen molar-refractivity contribution >= 4 is 33.5 Å². The molecule has 0 saturated heterocycles. The summed E-state index contributed by atoms with van der Waals surface area (Å²) in [4.78, 5) is 23.6. The highest BCUT2D eigenvalue weighted by molar-refractivity contribution is 6.11. The predicted molar refractivity (Wildman–Crippen MR) is 164 cm³/mol. The lowest BCUT2D eigenvalue weighted by atomic mass is 9.98. The summed E-state index contributed by atoms with van der Waals surface area (Å²) < 4.78 is 35.4. The van der Waals surface area contributed by atoms with Crippen molar-refractivity contribution in [2.45, 2.75) is 78.9 Å². The molecule has 0 aliphatic rings. The smallest absolute Gasteiger partial charge is 0.303 e. The molecule has 0 amide bonds.